The SMILES string of the molecule is CCOC(=O)c1c(C(N)=S)nc(N2CCN(C)CC2)n1C. The second kappa shape index (κ2) is 6.40. The summed E-state index contributed by atoms with van der Waals surface area (Å²) in [5, 5.41) is 0. The van der Waals surface area contributed by atoms with Crippen LogP contribution >= 0.6 is 12.2 Å². The summed E-state index contributed by atoms with van der Waals surface area (Å²) in [7, 11) is 3.87. The van der Waals surface area contributed by atoms with Crippen LogP contribution in [0.2, 0.25) is 0 Å². The molecule has 1 fully saturated rings. The maximum Gasteiger partial charge on any atom is 0.357 e. The predicted octanol–water partition coefficient (Wildman–Crippen LogP) is -0.0172. The molecule has 8 heteroatoms. The molecule has 0 saturated carbocycles. The van der Waals surface area contributed by atoms with Gasteiger partial charge < -0.3 is 24.8 Å². The molecule has 0 amide bonds. The van der Waals surface area contributed by atoms with Crippen LogP contribution in [-0.2, 0) is 11.8 Å². The number of ether oxygens (including phenoxy) is 1. The van der Waals surface area contributed by atoms with E-state index in [4.69, 9.17) is 22.7 Å². The topological polar surface area (TPSA) is 76.6 Å². The largest absolute Gasteiger partial charge is 0.461 e. The van der Waals surface area contributed by atoms with Crippen molar-refractivity contribution >= 4 is 29.1 Å². The molecule has 21 heavy (non-hydrogen) atoms. The van der Waals surface area contributed by atoms with Gasteiger partial charge in [-0.05, 0) is 14.0 Å². The molecule has 2 N–H and O–H groups in total. The number of carbonyl (C=O) groups is 1. The molecule has 0 radical (unpaired) electrons. The van der Waals surface area contributed by atoms with Crippen molar-refractivity contribution in [3.05, 3.63) is 11.4 Å². The van der Waals surface area contributed by atoms with Gasteiger partial charge in [0.05, 0.1) is 6.61 Å². The fraction of sp³-hybridized carbons (Fsp3) is 0.615. The van der Waals surface area contributed by atoms with Crippen LogP contribution in [0.3, 0.4) is 0 Å². The van der Waals surface area contributed by atoms with Crippen LogP contribution in [0.15, 0.2) is 0 Å². The van der Waals surface area contributed by atoms with Crippen LogP contribution in [0, 0.1) is 0 Å². The highest BCUT2D eigenvalue weighted by Crippen LogP contribution is 2.20. The van der Waals surface area contributed by atoms with Crippen molar-refractivity contribution in [2.24, 2.45) is 12.8 Å². The summed E-state index contributed by atoms with van der Waals surface area (Å²) in [5.41, 5.74) is 6.35. The Morgan fingerprint density at radius 2 is 1.95 bits per heavy atom. The van der Waals surface area contributed by atoms with Crippen LogP contribution in [0.25, 0.3) is 0 Å². The average Bonchev–Trinajstić information content (AvgIpc) is 2.78. The van der Waals surface area contributed by atoms with E-state index >= 15 is 0 Å². The number of hydrogen-bond acceptors (Lipinski definition) is 6. The summed E-state index contributed by atoms with van der Waals surface area (Å²) in [4.78, 5) is 21.1. The zero-order chi connectivity index (χ0) is 15.6. The Labute approximate surface area is 129 Å². The molecule has 1 aliphatic rings. The summed E-state index contributed by atoms with van der Waals surface area (Å²) >= 11 is 5.01. The van der Waals surface area contributed by atoms with E-state index in [1.165, 1.54) is 0 Å². The zero-order valence-electron chi connectivity index (χ0n) is 12.6. The third-order valence-corrected chi connectivity index (χ3v) is 3.75. The molecule has 0 spiro atoms. The standard InChI is InChI=1S/C13H21N5O2S/c1-4-20-12(19)10-9(11(14)21)15-13(17(10)3)18-7-5-16(2)6-8-18/h4-8H2,1-3H3,(H2,14,21). The Morgan fingerprint density at radius 3 is 2.48 bits per heavy atom. The van der Waals surface area contributed by atoms with Crippen LogP contribution in [0.1, 0.15) is 23.1 Å². The molecule has 1 saturated heterocycles. The highest BCUT2D eigenvalue weighted by atomic mass is 32.1. The normalized spacial score (nSPS) is 16.0. The third-order valence-electron chi connectivity index (χ3n) is 3.56. The third kappa shape index (κ3) is 3.16. The zero-order valence-corrected chi connectivity index (χ0v) is 13.4. The Bertz CT molecular complexity index is 549. The first-order valence-corrected chi connectivity index (χ1v) is 7.33. The molecule has 0 unspecified atom stereocenters. The van der Waals surface area contributed by atoms with Gasteiger partial charge in [0.25, 0.3) is 0 Å². The number of rotatable bonds is 4. The molecule has 2 rings (SSSR count). The van der Waals surface area contributed by atoms with Gasteiger partial charge in [-0.25, -0.2) is 9.78 Å². The highest BCUT2D eigenvalue weighted by molar-refractivity contribution is 7.80. The van der Waals surface area contributed by atoms with Gasteiger partial charge in [-0.3, -0.25) is 0 Å². The quantitative estimate of drug-likeness (QED) is 0.619. The second-order valence-electron chi connectivity index (χ2n) is 5.04. The van der Waals surface area contributed by atoms with Crippen LogP contribution in [0.4, 0.5) is 5.95 Å². The maximum absolute atomic E-state index is 12.1. The van der Waals surface area contributed by atoms with Gasteiger partial charge in [-0.15, -0.1) is 0 Å². The van der Waals surface area contributed by atoms with E-state index in [-0.39, 0.29) is 4.99 Å². The Morgan fingerprint density at radius 1 is 1.33 bits per heavy atom. The number of hydrogen-bond donors (Lipinski definition) is 1. The number of piperazine rings is 1. The number of esters is 1. The van der Waals surface area contributed by atoms with E-state index in [1.54, 1.807) is 18.5 Å². The average molecular weight is 311 g/mol. The number of likely N-dealkylation sites (N-methyl/N-ethyl adjacent to an activating group) is 1. The highest BCUT2D eigenvalue weighted by Gasteiger charge is 2.27. The fourth-order valence-corrected chi connectivity index (χ4v) is 2.52. The Hall–Kier alpha value is -1.67. The van der Waals surface area contributed by atoms with E-state index in [9.17, 15) is 4.79 Å². The lowest BCUT2D eigenvalue weighted by molar-refractivity contribution is 0.0515. The number of carbonyl (C=O) groups excluding carboxylic acids is 1. The van der Waals surface area contributed by atoms with Crippen molar-refractivity contribution in [2.75, 3.05) is 44.7 Å². The smallest absolute Gasteiger partial charge is 0.357 e. The van der Waals surface area contributed by atoms with Gasteiger partial charge in [0, 0.05) is 33.2 Å². The van der Waals surface area contributed by atoms with Crippen molar-refractivity contribution in [3.63, 3.8) is 0 Å². The molecule has 116 valence electrons. The first-order chi connectivity index (χ1) is 9.95. The number of nitrogens with two attached hydrogens (primary N) is 1. The first kappa shape index (κ1) is 15.7. The van der Waals surface area contributed by atoms with E-state index in [1.807, 2.05) is 0 Å². The second-order valence-corrected chi connectivity index (χ2v) is 5.48. The predicted molar refractivity (Wildman–Crippen MR) is 84.8 cm³/mol. The summed E-state index contributed by atoms with van der Waals surface area (Å²) in [6.07, 6.45) is 0. The monoisotopic (exact) mass is 311 g/mol. The van der Waals surface area contributed by atoms with Crippen molar-refractivity contribution in [3.8, 4) is 0 Å². The van der Waals surface area contributed by atoms with Crippen molar-refractivity contribution < 1.29 is 9.53 Å². The number of nitrogens with zero attached hydrogens (tertiary/aromatic N) is 4. The molecule has 1 aliphatic heterocycles. The molecule has 0 atom stereocenters. The summed E-state index contributed by atoms with van der Waals surface area (Å²) in [5.74, 6) is 0.254. The van der Waals surface area contributed by atoms with Gasteiger partial charge >= 0.3 is 5.97 Å². The summed E-state index contributed by atoms with van der Waals surface area (Å²) in [6.45, 7) is 5.65. The minimum atomic E-state index is -0.448. The lowest BCUT2D eigenvalue weighted by Crippen LogP contribution is -2.45. The van der Waals surface area contributed by atoms with Crippen molar-refractivity contribution in [1.82, 2.24) is 14.5 Å². The summed E-state index contributed by atoms with van der Waals surface area (Å²) in [6, 6.07) is 0. The lowest BCUT2D eigenvalue weighted by atomic mass is 10.3. The number of anilines is 1. The van der Waals surface area contributed by atoms with Crippen LogP contribution in [-0.4, -0.2) is 65.2 Å². The van der Waals surface area contributed by atoms with E-state index in [0.717, 1.165) is 26.2 Å². The maximum atomic E-state index is 12.1. The molecule has 1 aromatic rings. The molecular weight excluding hydrogens is 290 g/mol. The van der Waals surface area contributed by atoms with Gasteiger partial charge in [0.2, 0.25) is 5.95 Å². The molecule has 0 aromatic carbocycles. The fourth-order valence-electron chi connectivity index (χ4n) is 2.38. The van der Waals surface area contributed by atoms with Gasteiger partial charge in [-0.2, -0.15) is 0 Å². The van der Waals surface area contributed by atoms with E-state index in [2.05, 4.69) is 21.8 Å². The first-order valence-electron chi connectivity index (χ1n) is 6.92. The van der Waals surface area contributed by atoms with Crippen molar-refractivity contribution in [2.45, 2.75) is 6.92 Å². The molecule has 1 aromatic heterocycles. The minimum absolute atomic E-state index is 0.106. The number of imidazole rings is 1. The number of thiocarbonyl (C=S) groups is 1. The molecule has 0 aliphatic carbocycles. The molecule has 2 heterocycles. The Balaban J connectivity index is 2.37. The van der Waals surface area contributed by atoms with Crippen LogP contribution in [0.5, 0.6) is 0 Å². The lowest BCUT2D eigenvalue weighted by Gasteiger charge is -2.33. The van der Waals surface area contributed by atoms with Gasteiger partial charge in [0.15, 0.2) is 5.69 Å². The Kier molecular flexibility index (Phi) is 4.79. The molecule has 7 nitrogen and oxygen atoms in total. The van der Waals surface area contributed by atoms with Gasteiger partial charge in [0.1, 0.15) is 10.7 Å². The van der Waals surface area contributed by atoms with Crippen molar-refractivity contribution in [1.29, 1.82) is 0 Å². The molecule has 0 bridgehead atoms. The van der Waals surface area contributed by atoms with Crippen LogP contribution < -0.4 is 10.6 Å². The van der Waals surface area contributed by atoms with E-state index in [0.29, 0.717) is 23.9 Å². The van der Waals surface area contributed by atoms with Gasteiger partial charge in [-0.1, -0.05) is 12.2 Å². The number of aromatic nitrogens is 2. The molecular formula is C13H21N5O2S. The summed E-state index contributed by atoms with van der Waals surface area (Å²) < 4.78 is 6.80. The van der Waals surface area contributed by atoms with E-state index < -0.39 is 5.97 Å². The minimum Gasteiger partial charge on any atom is -0.461 e.